The number of aliphatic hydroxyl groups is 1. The first-order valence-electron chi connectivity index (χ1n) is 5.15. The van der Waals surface area contributed by atoms with Crippen molar-refractivity contribution in [1.29, 1.82) is 0 Å². The van der Waals surface area contributed by atoms with E-state index in [1.807, 2.05) is 0 Å². The van der Waals surface area contributed by atoms with Crippen LogP contribution in [-0.4, -0.2) is 17.3 Å². The van der Waals surface area contributed by atoms with Crippen molar-refractivity contribution in [3.63, 3.8) is 0 Å². The Bertz CT molecular complexity index is 289. The zero-order chi connectivity index (χ0) is 11.3. The van der Waals surface area contributed by atoms with E-state index in [0.29, 0.717) is 13.0 Å². The Balaban J connectivity index is 2.23. The van der Waals surface area contributed by atoms with E-state index in [0.717, 1.165) is 12.1 Å². The Labute approximate surface area is 90.1 Å². The van der Waals surface area contributed by atoms with Gasteiger partial charge in [0.25, 0.3) is 0 Å². The average Bonchev–Trinajstić information content (AvgIpc) is 2.14. The average molecular weight is 211 g/mol. The minimum Gasteiger partial charge on any atom is -0.390 e. The van der Waals surface area contributed by atoms with Gasteiger partial charge in [-0.3, -0.25) is 0 Å². The van der Waals surface area contributed by atoms with Crippen LogP contribution in [0.3, 0.4) is 0 Å². The molecule has 0 aliphatic rings. The number of benzene rings is 1. The first-order chi connectivity index (χ1) is 6.97. The van der Waals surface area contributed by atoms with Gasteiger partial charge in [0.15, 0.2) is 0 Å². The second-order valence-electron chi connectivity index (χ2n) is 4.37. The molecule has 0 aromatic heterocycles. The Morgan fingerprint density at radius 3 is 2.40 bits per heavy atom. The quantitative estimate of drug-likeness (QED) is 0.731. The van der Waals surface area contributed by atoms with Crippen LogP contribution in [-0.2, 0) is 6.54 Å². The molecule has 0 fully saturated rings. The summed E-state index contributed by atoms with van der Waals surface area (Å²) in [4.78, 5) is 0. The van der Waals surface area contributed by atoms with E-state index in [1.54, 1.807) is 26.0 Å². The Morgan fingerprint density at radius 2 is 1.87 bits per heavy atom. The first-order valence-corrected chi connectivity index (χ1v) is 5.15. The predicted octanol–water partition coefficient (Wildman–Crippen LogP) is 2.08. The third-order valence-electron chi connectivity index (χ3n) is 2.16. The number of hydrogen-bond acceptors (Lipinski definition) is 2. The number of rotatable bonds is 5. The van der Waals surface area contributed by atoms with Crippen LogP contribution in [0.4, 0.5) is 4.39 Å². The number of nitrogens with one attached hydrogen (secondary N) is 1. The lowest BCUT2D eigenvalue weighted by atomic mass is 10.1. The van der Waals surface area contributed by atoms with Crippen molar-refractivity contribution in [3.05, 3.63) is 35.6 Å². The van der Waals surface area contributed by atoms with Gasteiger partial charge in [0.05, 0.1) is 5.60 Å². The monoisotopic (exact) mass is 211 g/mol. The Hall–Kier alpha value is -0.930. The fourth-order valence-corrected chi connectivity index (χ4v) is 1.23. The van der Waals surface area contributed by atoms with Gasteiger partial charge in [-0.15, -0.1) is 0 Å². The normalized spacial score (nSPS) is 11.7. The van der Waals surface area contributed by atoms with Crippen molar-refractivity contribution in [2.75, 3.05) is 6.54 Å². The van der Waals surface area contributed by atoms with Crippen molar-refractivity contribution >= 4 is 0 Å². The lowest BCUT2D eigenvalue weighted by Crippen LogP contribution is -2.26. The SMILES string of the molecule is CC(C)(O)CCNCc1ccc(F)cc1. The summed E-state index contributed by atoms with van der Waals surface area (Å²) in [5, 5.41) is 12.7. The topological polar surface area (TPSA) is 32.3 Å². The van der Waals surface area contributed by atoms with Crippen LogP contribution >= 0.6 is 0 Å². The highest BCUT2D eigenvalue weighted by atomic mass is 19.1. The summed E-state index contributed by atoms with van der Waals surface area (Å²) in [5.74, 6) is -0.213. The van der Waals surface area contributed by atoms with Crippen molar-refractivity contribution in [2.24, 2.45) is 0 Å². The van der Waals surface area contributed by atoms with Crippen molar-refractivity contribution < 1.29 is 9.50 Å². The van der Waals surface area contributed by atoms with Crippen LogP contribution in [0.1, 0.15) is 25.8 Å². The van der Waals surface area contributed by atoms with Gasteiger partial charge in [-0.2, -0.15) is 0 Å². The van der Waals surface area contributed by atoms with Crippen molar-refractivity contribution in [1.82, 2.24) is 5.32 Å². The summed E-state index contributed by atoms with van der Waals surface area (Å²) in [6.45, 7) is 5.02. The summed E-state index contributed by atoms with van der Waals surface area (Å²) in [6.07, 6.45) is 0.703. The highest BCUT2D eigenvalue weighted by Gasteiger charge is 2.10. The van der Waals surface area contributed by atoms with E-state index < -0.39 is 5.60 Å². The van der Waals surface area contributed by atoms with Gasteiger partial charge in [-0.05, 0) is 44.5 Å². The van der Waals surface area contributed by atoms with E-state index >= 15 is 0 Å². The van der Waals surface area contributed by atoms with Crippen LogP contribution < -0.4 is 5.32 Å². The highest BCUT2D eigenvalue weighted by molar-refractivity contribution is 5.15. The van der Waals surface area contributed by atoms with E-state index in [-0.39, 0.29) is 5.82 Å². The predicted molar refractivity (Wildman–Crippen MR) is 59.0 cm³/mol. The second-order valence-corrected chi connectivity index (χ2v) is 4.37. The summed E-state index contributed by atoms with van der Waals surface area (Å²) < 4.78 is 12.6. The molecule has 0 amide bonds. The largest absolute Gasteiger partial charge is 0.390 e. The zero-order valence-corrected chi connectivity index (χ0v) is 9.26. The molecule has 0 heterocycles. The van der Waals surface area contributed by atoms with Gasteiger partial charge in [0.2, 0.25) is 0 Å². The van der Waals surface area contributed by atoms with Crippen LogP contribution in [0.25, 0.3) is 0 Å². The van der Waals surface area contributed by atoms with E-state index in [2.05, 4.69) is 5.32 Å². The molecule has 0 bridgehead atoms. The minimum absolute atomic E-state index is 0.213. The lowest BCUT2D eigenvalue weighted by Gasteiger charge is -2.16. The van der Waals surface area contributed by atoms with Gasteiger partial charge in [0.1, 0.15) is 5.82 Å². The maximum Gasteiger partial charge on any atom is 0.123 e. The molecule has 2 nitrogen and oxygen atoms in total. The molecular weight excluding hydrogens is 193 g/mol. The van der Waals surface area contributed by atoms with Gasteiger partial charge in [0, 0.05) is 6.54 Å². The van der Waals surface area contributed by atoms with Gasteiger partial charge in [-0.1, -0.05) is 12.1 Å². The maximum absolute atomic E-state index is 12.6. The summed E-state index contributed by atoms with van der Waals surface area (Å²) >= 11 is 0. The second kappa shape index (κ2) is 5.24. The third-order valence-corrected chi connectivity index (χ3v) is 2.16. The fraction of sp³-hybridized carbons (Fsp3) is 0.500. The van der Waals surface area contributed by atoms with Gasteiger partial charge >= 0.3 is 0 Å². The van der Waals surface area contributed by atoms with E-state index in [4.69, 9.17) is 0 Å². The van der Waals surface area contributed by atoms with Crippen molar-refractivity contribution in [3.8, 4) is 0 Å². The van der Waals surface area contributed by atoms with Gasteiger partial charge < -0.3 is 10.4 Å². The molecule has 1 aromatic carbocycles. The molecule has 1 aromatic rings. The molecule has 0 saturated carbocycles. The molecule has 0 aliphatic heterocycles. The Morgan fingerprint density at radius 1 is 1.27 bits per heavy atom. The number of hydrogen-bond donors (Lipinski definition) is 2. The number of halogens is 1. The molecule has 1 rings (SSSR count). The molecule has 0 aliphatic carbocycles. The van der Waals surface area contributed by atoms with Crippen molar-refractivity contribution in [2.45, 2.75) is 32.4 Å². The third kappa shape index (κ3) is 5.50. The highest BCUT2D eigenvalue weighted by Crippen LogP contribution is 2.06. The van der Waals surface area contributed by atoms with E-state index in [1.165, 1.54) is 12.1 Å². The molecule has 3 heteroatoms. The molecule has 15 heavy (non-hydrogen) atoms. The molecule has 0 radical (unpaired) electrons. The zero-order valence-electron chi connectivity index (χ0n) is 9.26. The molecule has 0 spiro atoms. The van der Waals surface area contributed by atoms with Crippen LogP contribution in [0.2, 0.25) is 0 Å². The molecular formula is C12H18FNO. The summed E-state index contributed by atoms with van der Waals surface area (Å²) in [5.41, 5.74) is 0.419. The summed E-state index contributed by atoms with van der Waals surface area (Å²) in [6, 6.07) is 6.42. The van der Waals surface area contributed by atoms with Gasteiger partial charge in [-0.25, -0.2) is 4.39 Å². The standard InChI is InChI=1S/C12H18FNO/c1-12(2,15)7-8-14-9-10-3-5-11(13)6-4-10/h3-6,14-15H,7-9H2,1-2H3. The Kier molecular flexibility index (Phi) is 4.24. The van der Waals surface area contributed by atoms with Crippen LogP contribution in [0, 0.1) is 5.82 Å². The lowest BCUT2D eigenvalue weighted by molar-refractivity contribution is 0.0711. The van der Waals surface area contributed by atoms with Crippen LogP contribution in [0.15, 0.2) is 24.3 Å². The molecule has 84 valence electrons. The van der Waals surface area contributed by atoms with Crippen LogP contribution in [0.5, 0.6) is 0 Å². The summed E-state index contributed by atoms with van der Waals surface area (Å²) in [7, 11) is 0. The fourth-order valence-electron chi connectivity index (χ4n) is 1.23. The molecule has 2 N–H and O–H groups in total. The maximum atomic E-state index is 12.6. The smallest absolute Gasteiger partial charge is 0.123 e. The molecule has 0 saturated heterocycles. The van der Waals surface area contributed by atoms with E-state index in [9.17, 15) is 9.50 Å². The molecule has 0 atom stereocenters. The molecule has 0 unspecified atom stereocenters. The minimum atomic E-state index is -0.629. The first kappa shape index (κ1) is 12.1.